The standard InChI is InChI=1S/C7H15N3O/c8-5-6-1-3-10(4-2-6)7(9)11/h6H,1-5,8H2,(H2,9,11). The lowest BCUT2D eigenvalue weighted by atomic mass is 9.97. The highest BCUT2D eigenvalue weighted by Crippen LogP contribution is 2.14. The Morgan fingerprint density at radius 1 is 1.45 bits per heavy atom. The molecular formula is C7H15N3O. The number of carbonyl (C=O) groups is 1. The lowest BCUT2D eigenvalue weighted by Gasteiger charge is -2.29. The highest BCUT2D eigenvalue weighted by atomic mass is 16.2. The Labute approximate surface area is 66.5 Å². The van der Waals surface area contributed by atoms with Crippen LogP contribution in [0.3, 0.4) is 0 Å². The minimum Gasteiger partial charge on any atom is -0.351 e. The van der Waals surface area contributed by atoms with E-state index >= 15 is 0 Å². The molecular weight excluding hydrogens is 142 g/mol. The van der Waals surface area contributed by atoms with Crippen molar-refractivity contribution in [2.24, 2.45) is 17.4 Å². The molecule has 1 rings (SSSR count). The summed E-state index contributed by atoms with van der Waals surface area (Å²) in [6, 6.07) is -0.305. The number of likely N-dealkylation sites (tertiary alicyclic amines) is 1. The van der Waals surface area contributed by atoms with Crippen LogP contribution in [0.4, 0.5) is 4.79 Å². The summed E-state index contributed by atoms with van der Waals surface area (Å²) in [5.74, 6) is 0.589. The normalized spacial score (nSPS) is 20.3. The van der Waals surface area contributed by atoms with E-state index in [-0.39, 0.29) is 6.03 Å². The summed E-state index contributed by atoms with van der Waals surface area (Å²) in [7, 11) is 0. The zero-order chi connectivity index (χ0) is 8.27. The molecule has 0 spiro atoms. The van der Waals surface area contributed by atoms with Crippen molar-refractivity contribution in [3.05, 3.63) is 0 Å². The summed E-state index contributed by atoms with van der Waals surface area (Å²) in [4.78, 5) is 12.3. The van der Waals surface area contributed by atoms with E-state index in [0.29, 0.717) is 5.92 Å². The molecule has 0 radical (unpaired) electrons. The smallest absolute Gasteiger partial charge is 0.314 e. The van der Waals surface area contributed by atoms with E-state index in [4.69, 9.17) is 11.5 Å². The van der Waals surface area contributed by atoms with Crippen molar-refractivity contribution in [1.29, 1.82) is 0 Å². The topological polar surface area (TPSA) is 72.3 Å². The Hall–Kier alpha value is -0.770. The lowest BCUT2D eigenvalue weighted by molar-refractivity contribution is 0.180. The number of hydrogen-bond acceptors (Lipinski definition) is 2. The van der Waals surface area contributed by atoms with Gasteiger partial charge in [-0.05, 0) is 25.3 Å². The number of hydrogen-bond donors (Lipinski definition) is 2. The second kappa shape index (κ2) is 3.57. The van der Waals surface area contributed by atoms with Crippen molar-refractivity contribution in [3.8, 4) is 0 Å². The first-order valence-corrected chi connectivity index (χ1v) is 3.98. The van der Waals surface area contributed by atoms with Crippen LogP contribution in [-0.2, 0) is 0 Å². The van der Waals surface area contributed by atoms with E-state index in [1.54, 1.807) is 4.90 Å². The second-order valence-electron chi connectivity index (χ2n) is 3.00. The van der Waals surface area contributed by atoms with E-state index in [2.05, 4.69) is 0 Å². The first-order valence-electron chi connectivity index (χ1n) is 3.98. The maximum atomic E-state index is 10.7. The number of nitrogens with zero attached hydrogens (tertiary/aromatic N) is 1. The summed E-state index contributed by atoms with van der Waals surface area (Å²) in [5.41, 5.74) is 10.6. The number of amides is 2. The molecule has 0 bridgehead atoms. The van der Waals surface area contributed by atoms with Crippen molar-refractivity contribution in [2.45, 2.75) is 12.8 Å². The lowest BCUT2D eigenvalue weighted by Crippen LogP contribution is -2.42. The first kappa shape index (κ1) is 8.33. The van der Waals surface area contributed by atoms with Crippen LogP contribution >= 0.6 is 0 Å². The van der Waals surface area contributed by atoms with E-state index in [1.807, 2.05) is 0 Å². The minimum absolute atomic E-state index is 0.305. The molecule has 1 fully saturated rings. The number of rotatable bonds is 1. The molecule has 0 aromatic carbocycles. The first-order chi connectivity index (χ1) is 5.24. The molecule has 0 unspecified atom stereocenters. The molecule has 4 heteroatoms. The van der Waals surface area contributed by atoms with E-state index in [1.165, 1.54) is 0 Å². The van der Waals surface area contributed by atoms with Gasteiger partial charge >= 0.3 is 6.03 Å². The van der Waals surface area contributed by atoms with Crippen molar-refractivity contribution >= 4 is 6.03 Å². The summed E-state index contributed by atoms with van der Waals surface area (Å²) < 4.78 is 0. The summed E-state index contributed by atoms with van der Waals surface area (Å²) in [6.07, 6.45) is 2.00. The quantitative estimate of drug-likeness (QED) is 0.550. The van der Waals surface area contributed by atoms with Gasteiger partial charge in [0.2, 0.25) is 0 Å². The number of carbonyl (C=O) groups excluding carboxylic acids is 1. The van der Waals surface area contributed by atoms with Crippen LogP contribution in [0.15, 0.2) is 0 Å². The molecule has 1 heterocycles. The highest BCUT2D eigenvalue weighted by molar-refractivity contribution is 5.72. The van der Waals surface area contributed by atoms with Crippen molar-refractivity contribution in [3.63, 3.8) is 0 Å². The molecule has 4 N–H and O–H groups in total. The van der Waals surface area contributed by atoms with Gasteiger partial charge in [0.05, 0.1) is 0 Å². The van der Waals surface area contributed by atoms with Crippen LogP contribution < -0.4 is 11.5 Å². The van der Waals surface area contributed by atoms with Gasteiger partial charge in [0.1, 0.15) is 0 Å². The fraction of sp³-hybridized carbons (Fsp3) is 0.857. The molecule has 0 saturated carbocycles. The number of piperidine rings is 1. The molecule has 4 nitrogen and oxygen atoms in total. The molecule has 1 aliphatic rings. The van der Waals surface area contributed by atoms with Crippen LogP contribution in [-0.4, -0.2) is 30.6 Å². The van der Waals surface area contributed by atoms with E-state index in [9.17, 15) is 4.79 Å². The van der Waals surface area contributed by atoms with Gasteiger partial charge in [0.25, 0.3) is 0 Å². The third-order valence-electron chi connectivity index (χ3n) is 2.26. The number of nitrogens with two attached hydrogens (primary N) is 2. The van der Waals surface area contributed by atoms with Crippen LogP contribution in [0.1, 0.15) is 12.8 Å². The van der Waals surface area contributed by atoms with Gasteiger partial charge in [-0.3, -0.25) is 0 Å². The number of urea groups is 1. The van der Waals surface area contributed by atoms with Crippen molar-refractivity contribution in [2.75, 3.05) is 19.6 Å². The molecule has 11 heavy (non-hydrogen) atoms. The second-order valence-corrected chi connectivity index (χ2v) is 3.00. The Balaban J connectivity index is 2.30. The Morgan fingerprint density at radius 3 is 2.36 bits per heavy atom. The molecule has 2 amide bonds. The number of primary amides is 1. The van der Waals surface area contributed by atoms with E-state index in [0.717, 1.165) is 32.5 Å². The largest absolute Gasteiger partial charge is 0.351 e. The fourth-order valence-electron chi connectivity index (χ4n) is 1.39. The SMILES string of the molecule is NCC1CCN(C(N)=O)CC1. The Morgan fingerprint density at radius 2 is 2.00 bits per heavy atom. The zero-order valence-electron chi connectivity index (χ0n) is 6.62. The molecule has 0 aliphatic carbocycles. The maximum Gasteiger partial charge on any atom is 0.314 e. The zero-order valence-corrected chi connectivity index (χ0v) is 6.62. The predicted molar refractivity (Wildman–Crippen MR) is 42.9 cm³/mol. The van der Waals surface area contributed by atoms with Gasteiger partial charge < -0.3 is 16.4 Å². The van der Waals surface area contributed by atoms with Crippen LogP contribution in [0.5, 0.6) is 0 Å². The minimum atomic E-state index is -0.305. The van der Waals surface area contributed by atoms with Crippen molar-refractivity contribution in [1.82, 2.24) is 4.90 Å². The van der Waals surface area contributed by atoms with Crippen molar-refractivity contribution < 1.29 is 4.79 Å². The third kappa shape index (κ3) is 2.08. The Bertz CT molecular complexity index is 141. The molecule has 1 aliphatic heterocycles. The van der Waals surface area contributed by atoms with Crippen LogP contribution in [0.2, 0.25) is 0 Å². The maximum absolute atomic E-state index is 10.7. The Kier molecular flexibility index (Phi) is 2.70. The summed E-state index contributed by atoms with van der Waals surface area (Å²) >= 11 is 0. The highest BCUT2D eigenvalue weighted by Gasteiger charge is 2.19. The average Bonchev–Trinajstić information content (AvgIpc) is 2.05. The van der Waals surface area contributed by atoms with Gasteiger partial charge in [0, 0.05) is 13.1 Å². The van der Waals surface area contributed by atoms with Gasteiger partial charge in [-0.25, -0.2) is 4.79 Å². The van der Waals surface area contributed by atoms with Crippen LogP contribution in [0, 0.1) is 5.92 Å². The fourth-order valence-corrected chi connectivity index (χ4v) is 1.39. The van der Waals surface area contributed by atoms with E-state index < -0.39 is 0 Å². The molecule has 64 valence electrons. The summed E-state index contributed by atoms with van der Waals surface area (Å²) in [6.45, 7) is 2.28. The average molecular weight is 157 g/mol. The van der Waals surface area contributed by atoms with Gasteiger partial charge in [-0.2, -0.15) is 0 Å². The molecule has 0 aromatic rings. The summed E-state index contributed by atoms with van der Waals surface area (Å²) in [5, 5.41) is 0. The van der Waals surface area contributed by atoms with Gasteiger partial charge in [-0.15, -0.1) is 0 Å². The van der Waals surface area contributed by atoms with Gasteiger partial charge in [0.15, 0.2) is 0 Å². The third-order valence-corrected chi connectivity index (χ3v) is 2.26. The van der Waals surface area contributed by atoms with Crippen LogP contribution in [0.25, 0.3) is 0 Å². The molecule has 0 aromatic heterocycles. The monoisotopic (exact) mass is 157 g/mol. The van der Waals surface area contributed by atoms with Gasteiger partial charge in [-0.1, -0.05) is 0 Å². The molecule has 1 saturated heterocycles. The molecule has 0 atom stereocenters. The predicted octanol–water partition coefficient (Wildman–Crippen LogP) is -0.264.